The molecule has 1 N–H and O–H groups in total. The summed E-state index contributed by atoms with van der Waals surface area (Å²) in [5.41, 5.74) is 0. The van der Waals surface area contributed by atoms with E-state index in [1.165, 1.54) is 6.42 Å². The lowest BCUT2D eigenvalue weighted by atomic mass is 10.0. The van der Waals surface area contributed by atoms with E-state index in [9.17, 15) is 0 Å². The van der Waals surface area contributed by atoms with Crippen LogP contribution in [0.4, 0.5) is 0 Å². The highest BCUT2D eigenvalue weighted by Crippen LogP contribution is 2.07. The molecule has 0 aliphatic rings. The van der Waals surface area contributed by atoms with Crippen LogP contribution in [0.25, 0.3) is 0 Å². The third-order valence-corrected chi connectivity index (χ3v) is 3.07. The smallest absolute Gasteiger partial charge is 0.140 e. The molecule has 4 heteroatoms. The Morgan fingerprint density at radius 3 is 2.73 bits per heavy atom. The molecule has 0 radical (unpaired) electrons. The Balaban J connectivity index is 2.43. The fourth-order valence-electron chi connectivity index (χ4n) is 1.50. The van der Waals surface area contributed by atoms with Gasteiger partial charge in [-0.3, -0.25) is 0 Å². The maximum absolute atomic E-state index is 4.23. The van der Waals surface area contributed by atoms with Gasteiger partial charge in [-0.15, -0.1) is 0 Å². The Hall–Kier alpha value is -0.900. The van der Waals surface area contributed by atoms with E-state index in [-0.39, 0.29) is 0 Å². The Morgan fingerprint density at radius 1 is 1.40 bits per heavy atom. The number of nitrogens with zero attached hydrogens (tertiary/aromatic N) is 3. The molecule has 4 nitrogen and oxygen atoms in total. The fourth-order valence-corrected chi connectivity index (χ4v) is 1.50. The molecule has 1 aromatic rings. The van der Waals surface area contributed by atoms with Gasteiger partial charge in [0, 0.05) is 12.6 Å². The summed E-state index contributed by atoms with van der Waals surface area (Å²) < 4.78 is 1.93. The topological polar surface area (TPSA) is 42.7 Å². The van der Waals surface area contributed by atoms with E-state index < -0.39 is 0 Å². The zero-order valence-electron chi connectivity index (χ0n) is 10.2. The highest BCUT2D eigenvalue weighted by atomic mass is 15.3. The van der Waals surface area contributed by atoms with Crippen LogP contribution >= 0.6 is 0 Å². The lowest BCUT2D eigenvalue weighted by Gasteiger charge is -2.19. The molecule has 0 fully saturated rings. The van der Waals surface area contributed by atoms with Gasteiger partial charge < -0.3 is 5.32 Å². The molecule has 1 rings (SSSR count). The van der Waals surface area contributed by atoms with Gasteiger partial charge in [0.2, 0.25) is 0 Å². The van der Waals surface area contributed by atoms with Gasteiger partial charge in [0.05, 0.1) is 6.54 Å². The van der Waals surface area contributed by atoms with Crippen molar-refractivity contribution < 1.29 is 0 Å². The molecule has 0 spiro atoms. The largest absolute Gasteiger partial charge is 0.307 e. The average molecular weight is 210 g/mol. The molecule has 2 unspecified atom stereocenters. The molecule has 0 saturated carbocycles. The quantitative estimate of drug-likeness (QED) is 0.779. The van der Waals surface area contributed by atoms with Crippen molar-refractivity contribution in [1.29, 1.82) is 0 Å². The van der Waals surface area contributed by atoms with Crippen LogP contribution in [0.3, 0.4) is 0 Å². The molecule has 86 valence electrons. The highest BCUT2D eigenvalue weighted by molar-refractivity contribution is 4.84. The second kappa shape index (κ2) is 5.85. The predicted molar refractivity (Wildman–Crippen MR) is 61.5 cm³/mol. The van der Waals surface area contributed by atoms with Gasteiger partial charge >= 0.3 is 0 Å². The Labute approximate surface area is 92.1 Å². The number of aromatic nitrogens is 3. The molecule has 0 bridgehead atoms. The summed E-state index contributed by atoms with van der Waals surface area (Å²) in [6.45, 7) is 10.5. The van der Waals surface area contributed by atoms with Crippen LogP contribution in [-0.2, 0) is 13.1 Å². The van der Waals surface area contributed by atoms with Gasteiger partial charge in [-0.25, -0.2) is 9.67 Å². The normalized spacial score (nSPS) is 15.2. The minimum atomic E-state index is 0.525. The van der Waals surface area contributed by atoms with E-state index in [2.05, 4.69) is 43.1 Å². The number of rotatable bonds is 6. The van der Waals surface area contributed by atoms with Crippen LogP contribution in [0.15, 0.2) is 6.33 Å². The van der Waals surface area contributed by atoms with E-state index >= 15 is 0 Å². The first-order valence-corrected chi connectivity index (χ1v) is 5.79. The summed E-state index contributed by atoms with van der Waals surface area (Å²) in [6, 6.07) is 0.525. The predicted octanol–water partition coefficient (Wildman–Crippen LogP) is 1.82. The van der Waals surface area contributed by atoms with Crippen molar-refractivity contribution >= 4 is 0 Å². The summed E-state index contributed by atoms with van der Waals surface area (Å²) >= 11 is 0. The van der Waals surface area contributed by atoms with Gasteiger partial charge in [0.15, 0.2) is 0 Å². The molecule has 0 aliphatic carbocycles. The van der Waals surface area contributed by atoms with Crippen molar-refractivity contribution in [2.24, 2.45) is 5.92 Å². The second-order valence-corrected chi connectivity index (χ2v) is 4.05. The van der Waals surface area contributed by atoms with Crippen molar-refractivity contribution in [1.82, 2.24) is 20.1 Å². The van der Waals surface area contributed by atoms with Crippen LogP contribution in [0.2, 0.25) is 0 Å². The van der Waals surface area contributed by atoms with Crippen molar-refractivity contribution in [3.63, 3.8) is 0 Å². The van der Waals surface area contributed by atoms with E-state index in [1.54, 1.807) is 6.33 Å². The van der Waals surface area contributed by atoms with Crippen molar-refractivity contribution in [2.75, 3.05) is 0 Å². The summed E-state index contributed by atoms with van der Waals surface area (Å²) in [5.74, 6) is 1.72. The van der Waals surface area contributed by atoms with Gasteiger partial charge in [-0.2, -0.15) is 5.10 Å². The lowest BCUT2D eigenvalue weighted by Crippen LogP contribution is -2.32. The standard InChI is InChI=1S/C11H22N4/c1-5-9(3)10(4)12-7-11-13-8-14-15(11)6-2/h8-10,12H,5-7H2,1-4H3. The third-order valence-electron chi connectivity index (χ3n) is 3.07. The second-order valence-electron chi connectivity index (χ2n) is 4.05. The Morgan fingerprint density at radius 2 is 2.13 bits per heavy atom. The maximum Gasteiger partial charge on any atom is 0.140 e. The summed E-state index contributed by atoms with van der Waals surface area (Å²) in [4.78, 5) is 4.23. The van der Waals surface area contributed by atoms with Crippen LogP contribution in [0.1, 0.15) is 39.9 Å². The highest BCUT2D eigenvalue weighted by Gasteiger charge is 2.10. The molecule has 0 amide bonds. The number of nitrogens with one attached hydrogen (secondary N) is 1. The van der Waals surface area contributed by atoms with Gasteiger partial charge in [0.25, 0.3) is 0 Å². The van der Waals surface area contributed by atoms with Gasteiger partial charge in [-0.1, -0.05) is 20.3 Å². The lowest BCUT2D eigenvalue weighted by molar-refractivity contribution is 0.381. The molecule has 2 atom stereocenters. The van der Waals surface area contributed by atoms with Crippen LogP contribution < -0.4 is 5.32 Å². The van der Waals surface area contributed by atoms with Crippen LogP contribution in [0.5, 0.6) is 0 Å². The van der Waals surface area contributed by atoms with Crippen LogP contribution in [-0.4, -0.2) is 20.8 Å². The molecule has 0 aromatic carbocycles. The maximum atomic E-state index is 4.23. The van der Waals surface area contributed by atoms with Crippen molar-refractivity contribution in [2.45, 2.75) is 53.2 Å². The minimum absolute atomic E-state index is 0.525. The fraction of sp³-hybridized carbons (Fsp3) is 0.818. The SMILES string of the molecule is CCC(C)C(C)NCc1ncnn1CC. The first kappa shape index (κ1) is 12.2. The van der Waals surface area contributed by atoms with Crippen molar-refractivity contribution in [3.05, 3.63) is 12.2 Å². The summed E-state index contributed by atoms with van der Waals surface area (Å²) in [6.07, 6.45) is 2.82. The molecule has 15 heavy (non-hydrogen) atoms. The number of hydrogen-bond donors (Lipinski definition) is 1. The monoisotopic (exact) mass is 210 g/mol. The van der Waals surface area contributed by atoms with Crippen LogP contribution in [0, 0.1) is 5.92 Å². The van der Waals surface area contributed by atoms with E-state index in [1.807, 2.05) is 4.68 Å². The van der Waals surface area contributed by atoms with Crippen molar-refractivity contribution in [3.8, 4) is 0 Å². The van der Waals surface area contributed by atoms with Gasteiger partial charge in [0.1, 0.15) is 12.2 Å². The molecule has 1 heterocycles. The first-order chi connectivity index (χ1) is 7.19. The number of hydrogen-bond acceptors (Lipinski definition) is 3. The minimum Gasteiger partial charge on any atom is -0.307 e. The molecule has 1 aromatic heterocycles. The van der Waals surface area contributed by atoms with E-state index in [0.29, 0.717) is 12.0 Å². The molecular formula is C11H22N4. The molecule has 0 aliphatic heterocycles. The summed E-state index contributed by atoms with van der Waals surface area (Å²) in [5, 5.41) is 7.63. The first-order valence-electron chi connectivity index (χ1n) is 5.79. The molecule has 0 saturated heterocycles. The van der Waals surface area contributed by atoms with E-state index in [0.717, 1.165) is 18.9 Å². The average Bonchev–Trinajstić information content (AvgIpc) is 2.71. The van der Waals surface area contributed by atoms with E-state index in [4.69, 9.17) is 0 Å². The zero-order valence-corrected chi connectivity index (χ0v) is 10.2. The number of aryl methyl sites for hydroxylation is 1. The summed E-state index contributed by atoms with van der Waals surface area (Å²) in [7, 11) is 0. The zero-order chi connectivity index (χ0) is 11.3. The third kappa shape index (κ3) is 3.30. The molecular weight excluding hydrogens is 188 g/mol. The van der Waals surface area contributed by atoms with Gasteiger partial charge in [-0.05, 0) is 19.8 Å². The Bertz CT molecular complexity index is 282. The Kier molecular flexibility index (Phi) is 4.75.